The minimum Gasteiger partial charge on any atom is -0.444 e. The molecule has 4 rings (SSSR count). The Morgan fingerprint density at radius 1 is 1.07 bits per heavy atom. The lowest BCUT2D eigenvalue weighted by Gasteiger charge is -2.35. The summed E-state index contributed by atoms with van der Waals surface area (Å²) in [6, 6.07) is 4.27. The summed E-state index contributed by atoms with van der Waals surface area (Å²) in [5.74, 6) is -1.30. The summed E-state index contributed by atoms with van der Waals surface area (Å²) < 4.78 is 60.9. The van der Waals surface area contributed by atoms with Gasteiger partial charge in [0.05, 0.1) is 34.6 Å². The number of hydrogen-bond acceptors (Lipinski definition) is 6. The molecule has 2 aromatic heterocycles. The quantitative estimate of drug-likeness (QED) is 0.390. The summed E-state index contributed by atoms with van der Waals surface area (Å²) >= 11 is 6.38. The van der Waals surface area contributed by atoms with Gasteiger partial charge in [-0.3, -0.25) is 14.3 Å². The minimum absolute atomic E-state index is 0.0478. The number of ether oxygens (including phenoxy) is 1. The first-order chi connectivity index (χ1) is 20.1. The highest BCUT2D eigenvalue weighted by molar-refractivity contribution is 6.34. The van der Waals surface area contributed by atoms with Crippen LogP contribution in [-0.2, 0) is 24.5 Å². The number of benzene rings is 1. The maximum Gasteiger partial charge on any atom is 0.435 e. The van der Waals surface area contributed by atoms with Gasteiger partial charge in [-0.1, -0.05) is 11.6 Å². The molecule has 0 aliphatic carbocycles. The Morgan fingerprint density at radius 3 is 2.30 bits per heavy atom. The van der Waals surface area contributed by atoms with Crippen LogP contribution >= 0.6 is 11.6 Å². The first-order valence-corrected chi connectivity index (χ1v) is 13.6. The van der Waals surface area contributed by atoms with Gasteiger partial charge in [0.2, 0.25) is 0 Å². The summed E-state index contributed by atoms with van der Waals surface area (Å²) in [5.41, 5.74) is -1.85. The topological polar surface area (TPSA) is 115 Å². The number of imidazole rings is 1. The Kier molecular flexibility index (Phi) is 9.04. The van der Waals surface area contributed by atoms with Crippen LogP contribution in [0.2, 0.25) is 5.02 Å². The maximum absolute atomic E-state index is 13.6. The van der Waals surface area contributed by atoms with Gasteiger partial charge in [-0.2, -0.15) is 18.3 Å². The van der Waals surface area contributed by atoms with Crippen molar-refractivity contribution in [3.63, 3.8) is 0 Å². The molecule has 0 radical (unpaired) electrons. The number of aryl methyl sites for hydroxylation is 1. The molecule has 3 amide bonds. The van der Waals surface area contributed by atoms with Crippen LogP contribution in [0, 0.1) is 0 Å². The highest BCUT2D eigenvalue weighted by atomic mass is 35.5. The average Bonchev–Trinajstić information content (AvgIpc) is 3.51. The lowest BCUT2D eigenvalue weighted by molar-refractivity contribution is -0.141. The number of amides is 3. The Bertz CT molecular complexity index is 1520. The Morgan fingerprint density at radius 2 is 1.72 bits per heavy atom. The van der Waals surface area contributed by atoms with Crippen molar-refractivity contribution in [3.8, 4) is 11.3 Å². The van der Waals surface area contributed by atoms with Crippen molar-refractivity contribution in [2.75, 3.05) is 38.2 Å². The first-order valence-electron chi connectivity index (χ1n) is 13.2. The van der Waals surface area contributed by atoms with Crippen molar-refractivity contribution >= 4 is 35.2 Å². The van der Waals surface area contributed by atoms with Crippen LogP contribution in [-0.4, -0.2) is 85.5 Å². The summed E-state index contributed by atoms with van der Waals surface area (Å²) in [7, 11) is 1.36. The molecule has 1 fully saturated rings. The number of nitrogens with one attached hydrogen (secondary N) is 1. The molecule has 1 aliphatic rings. The number of carbonyl (C=O) groups is 3. The molecule has 3 aromatic rings. The number of nitrogens with zero attached hydrogens (tertiary/aromatic N) is 6. The number of anilines is 1. The van der Waals surface area contributed by atoms with E-state index in [0.717, 1.165) is 21.6 Å². The fourth-order valence-corrected chi connectivity index (χ4v) is 4.69. The molecule has 0 atom stereocenters. The van der Waals surface area contributed by atoms with Gasteiger partial charge < -0.3 is 24.4 Å². The molecule has 11 nitrogen and oxygen atoms in total. The van der Waals surface area contributed by atoms with Crippen LogP contribution in [0.5, 0.6) is 0 Å². The minimum atomic E-state index is -4.81. The van der Waals surface area contributed by atoms with Crippen molar-refractivity contribution in [1.82, 2.24) is 29.1 Å². The van der Waals surface area contributed by atoms with Crippen LogP contribution in [0.15, 0.2) is 30.6 Å². The van der Waals surface area contributed by atoms with Crippen molar-refractivity contribution in [1.29, 1.82) is 0 Å². The smallest absolute Gasteiger partial charge is 0.435 e. The third kappa shape index (κ3) is 7.27. The number of piperazine rings is 1. The second kappa shape index (κ2) is 12.2. The van der Waals surface area contributed by atoms with E-state index >= 15 is 0 Å². The van der Waals surface area contributed by atoms with E-state index in [-0.39, 0.29) is 58.9 Å². The van der Waals surface area contributed by atoms with Crippen LogP contribution < -0.4 is 5.32 Å². The summed E-state index contributed by atoms with van der Waals surface area (Å²) in [5, 5.41) is 6.08. The van der Waals surface area contributed by atoms with Crippen LogP contribution in [0.25, 0.3) is 11.3 Å². The van der Waals surface area contributed by atoms with Crippen molar-refractivity contribution in [3.05, 3.63) is 52.7 Å². The van der Waals surface area contributed by atoms with E-state index in [2.05, 4.69) is 15.4 Å². The zero-order chi connectivity index (χ0) is 31.7. The van der Waals surface area contributed by atoms with Crippen molar-refractivity contribution < 1.29 is 36.7 Å². The zero-order valence-corrected chi connectivity index (χ0v) is 24.6. The largest absolute Gasteiger partial charge is 0.444 e. The van der Waals surface area contributed by atoms with Gasteiger partial charge in [0, 0.05) is 45.1 Å². The van der Waals surface area contributed by atoms with Gasteiger partial charge in [-0.05, 0) is 39.0 Å². The number of carbonyl (C=O) groups excluding carboxylic acids is 3. The first kappa shape index (κ1) is 31.8. The van der Waals surface area contributed by atoms with Gasteiger partial charge in [-0.15, -0.1) is 0 Å². The number of rotatable bonds is 6. The van der Waals surface area contributed by atoms with Crippen molar-refractivity contribution in [2.24, 2.45) is 7.05 Å². The highest BCUT2D eigenvalue weighted by Gasteiger charge is 2.38. The summed E-state index contributed by atoms with van der Waals surface area (Å²) in [4.78, 5) is 45.4. The van der Waals surface area contributed by atoms with E-state index in [0.29, 0.717) is 13.1 Å². The number of hydrogen-bond donors (Lipinski definition) is 1. The molecule has 0 spiro atoms. The lowest BCUT2D eigenvalue weighted by Crippen LogP contribution is -2.51. The molecule has 16 heteroatoms. The second-order valence-corrected chi connectivity index (χ2v) is 11.2. The fraction of sp³-hybridized carbons (Fsp3) is 0.444. The van der Waals surface area contributed by atoms with Gasteiger partial charge in [-0.25, -0.2) is 14.2 Å². The maximum atomic E-state index is 13.6. The lowest BCUT2D eigenvalue weighted by atomic mass is 10.1. The van der Waals surface area contributed by atoms with E-state index < -0.39 is 36.1 Å². The molecule has 43 heavy (non-hydrogen) atoms. The predicted octanol–water partition coefficient (Wildman–Crippen LogP) is 4.87. The number of halogens is 5. The van der Waals surface area contributed by atoms with Gasteiger partial charge in [0.15, 0.2) is 11.5 Å². The van der Waals surface area contributed by atoms with Gasteiger partial charge in [0.1, 0.15) is 12.3 Å². The Balaban J connectivity index is 1.44. The predicted molar refractivity (Wildman–Crippen MR) is 149 cm³/mol. The number of aromatic nitrogens is 4. The molecule has 0 bridgehead atoms. The monoisotopic (exact) mass is 627 g/mol. The third-order valence-electron chi connectivity index (χ3n) is 6.49. The van der Waals surface area contributed by atoms with E-state index in [1.165, 1.54) is 30.1 Å². The molecule has 0 unspecified atom stereocenters. The van der Waals surface area contributed by atoms with E-state index in [4.69, 9.17) is 16.3 Å². The fourth-order valence-electron chi connectivity index (χ4n) is 4.43. The molecule has 1 saturated heterocycles. The van der Waals surface area contributed by atoms with E-state index in [1.807, 2.05) is 0 Å². The normalized spacial score (nSPS) is 14.2. The Hall–Kier alpha value is -4.14. The molecule has 232 valence electrons. The molecule has 1 aromatic carbocycles. The SMILES string of the molecule is Cn1c(-c2cn(CCF)nc2C(F)(F)F)cnc1C(=O)Nc1ccc(C(=O)N2CCN(C(=O)OC(C)(C)C)CC2)c(Cl)c1. The average molecular weight is 628 g/mol. The van der Waals surface area contributed by atoms with Crippen LogP contribution in [0.1, 0.15) is 47.4 Å². The third-order valence-corrected chi connectivity index (χ3v) is 6.80. The zero-order valence-electron chi connectivity index (χ0n) is 23.8. The molecule has 1 aliphatic heterocycles. The highest BCUT2D eigenvalue weighted by Crippen LogP contribution is 2.36. The molecular weight excluding hydrogens is 598 g/mol. The van der Waals surface area contributed by atoms with E-state index in [9.17, 15) is 31.9 Å². The summed E-state index contributed by atoms with van der Waals surface area (Å²) in [6.07, 6.45) is -3.12. The van der Waals surface area contributed by atoms with Crippen LogP contribution in [0.4, 0.5) is 28.0 Å². The molecular formula is C27H30ClF4N7O4. The molecule has 0 saturated carbocycles. The Labute approximate surface area is 249 Å². The summed E-state index contributed by atoms with van der Waals surface area (Å²) in [6.45, 7) is 5.17. The molecule has 1 N–H and O–H groups in total. The van der Waals surface area contributed by atoms with Crippen molar-refractivity contribution in [2.45, 2.75) is 39.1 Å². The standard InChI is InChI=1S/C27H30ClF4N7O4/c1-26(2,3)43-25(42)38-11-9-37(10-12-38)24(41)17-6-5-16(13-19(17)28)34-23(40)22-33-14-20(36(22)4)18-15-39(8-7-29)35-21(18)27(30,31)32/h5-6,13-15H,7-12H2,1-4H3,(H,34,40). The van der Waals surface area contributed by atoms with Crippen LogP contribution in [0.3, 0.4) is 0 Å². The van der Waals surface area contributed by atoms with E-state index in [1.54, 1.807) is 25.7 Å². The molecule has 3 heterocycles. The van der Waals surface area contributed by atoms with Gasteiger partial charge >= 0.3 is 12.3 Å². The number of alkyl halides is 4. The second-order valence-electron chi connectivity index (χ2n) is 10.8. The van der Waals surface area contributed by atoms with Gasteiger partial charge in [0.25, 0.3) is 11.8 Å².